The minimum absolute atomic E-state index is 0.170. The summed E-state index contributed by atoms with van der Waals surface area (Å²) in [6.07, 6.45) is 4.64. The number of methoxy groups -OCH3 is 1. The number of benzene rings is 3. The molecule has 39 heavy (non-hydrogen) atoms. The largest absolute Gasteiger partial charge is 0.465 e. The van der Waals surface area contributed by atoms with Crippen molar-refractivity contribution in [2.24, 2.45) is 0 Å². The lowest BCUT2D eigenvalue weighted by atomic mass is 9.96. The summed E-state index contributed by atoms with van der Waals surface area (Å²) >= 11 is 0. The lowest BCUT2D eigenvalue weighted by molar-refractivity contribution is -0.116. The molecule has 1 amide bonds. The van der Waals surface area contributed by atoms with E-state index in [9.17, 15) is 14.0 Å². The Bertz CT molecular complexity index is 1670. The molecule has 2 heterocycles. The Hall–Kier alpha value is -5.24. The lowest BCUT2D eigenvalue weighted by Crippen LogP contribution is -2.19. The molecule has 0 aliphatic carbocycles. The molecule has 0 saturated heterocycles. The van der Waals surface area contributed by atoms with Crippen LogP contribution in [0.3, 0.4) is 0 Å². The van der Waals surface area contributed by atoms with Crippen LogP contribution in [0.4, 0.5) is 10.2 Å². The Morgan fingerprint density at radius 3 is 2.41 bits per heavy atom. The molecule has 0 aliphatic heterocycles. The number of furan rings is 1. The minimum atomic E-state index is -0.412. The second-order valence-corrected chi connectivity index (χ2v) is 8.80. The van der Waals surface area contributed by atoms with E-state index in [-0.39, 0.29) is 18.3 Å². The van der Waals surface area contributed by atoms with E-state index < -0.39 is 5.97 Å². The van der Waals surface area contributed by atoms with Crippen molar-refractivity contribution >= 4 is 34.7 Å². The third kappa shape index (κ3) is 5.86. The number of nitrogen functional groups attached to an aromatic ring is 1. The van der Waals surface area contributed by atoms with Gasteiger partial charge in [-0.15, -0.1) is 0 Å². The number of nitrogens with two attached hydrogens (primary N) is 1. The van der Waals surface area contributed by atoms with E-state index in [2.05, 4.69) is 10.3 Å². The van der Waals surface area contributed by atoms with Crippen molar-refractivity contribution in [3.63, 3.8) is 0 Å². The van der Waals surface area contributed by atoms with Crippen LogP contribution in [0.15, 0.2) is 95.6 Å². The number of hydrogen-bond acceptors (Lipinski definition) is 6. The molecule has 5 aromatic rings. The summed E-state index contributed by atoms with van der Waals surface area (Å²) in [4.78, 5) is 28.2. The molecule has 0 radical (unpaired) electrons. The molecular weight excluding hydrogens is 497 g/mol. The molecular formula is C31H24FN3O4. The maximum Gasteiger partial charge on any atom is 0.337 e. The first kappa shape index (κ1) is 25.4. The fourth-order valence-electron chi connectivity index (χ4n) is 4.14. The molecule has 194 valence electrons. The van der Waals surface area contributed by atoms with Crippen LogP contribution in [0.5, 0.6) is 0 Å². The molecule has 7 nitrogen and oxygen atoms in total. The number of pyridine rings is 1. The summed E-state index contributed by atoms with van der Waals surface area (Å²) in [5.41, 5.74) is 10.7. The minimum Gasteiger partial charge on any atom is -0.465 e. The summed E-state index contributed by atoms with van der Waals surface area (Å²) in [6.45, 7) is 0.170. The van der Waals surface area contributed by atoms with E-state index in [1.54, 1.807) is 48.7 Å². The molecule has 0 aliphatic rings. The van der Waals surface area contributed by atoms with Crippen molar-refractivity contribution in [1.29, 1.82) is 0 Å². The van der Waals surface area contributed by atoms with Gasteiger partial charge in [-0.25, -0.2) is 14.2 Å². The zero-order valence-electron chi connectivity index (χ0n) is 21.0. The summed E-state index contributed by atoms with van der Waals surface area (Å²) < 4.78 is 24.6. The van der Waals surface area contributed by atoms with E-state index in [0.29, 0.717) is 22.7 Å². The van der Waals surface area contributed by atoms with Gasteiger partial charge in [-0.2, -0.15) is 0 Å². The van der Waals surface area contributed by atoms with Crippen molar-refractivity contribution < 1.29 is 23.1 Å². The number of halogens is 1. The van der Waals surface area contributed by atoms with Gasteiger partial charge in [0.25, 0.3) is 0 Å². The van der Waals surface area contributed by atoms with Gasteiger partial charge in [-0.05, 0) is 82.9 Å². The number of carbonyl (C=O) groups excluding carboxylic acids is 2. The van der Waals surface area contributed by atoms with Crippen LogP contribution in [-0.4, -0.2) is 24.0 Å². The van der Waals surface area contributed by atoms with Crippen LogP contribution in [-0.2, 0) is 16.1 Å². The molecule has 0 spiro atoms. The zero-order valence-corrected chi connectivity index (χ0v) is 21.0. The predicted octanol–water partition coefficient (Wildman–Crippen LogP) is 6.00. The molecule has 0 unspecified atom stereocenters. The van der Waals surface area contributed by atoms with Gasteiger partial charge in [0.1, 0.15) is 23.0 Å². The summed E-state index contributed by atoms with van der Waals surface area (Å²) in [7, 11) is 1.34. The molecule has 3 aromatic carbocycles. The number of rotatable bonds is 7. The van der Waals surface area contributed by atoms with E-state index >= 15 is 0 Å². The topological polar surface area (TPSA) is 107 Å². The van der Waals surface area contributed by atoms with E-state index in [1.165, 1.54) is 25.3 Å². The standard InChI is InChI=1S/C31H24FN3O4/c1-38-31(37)22-6-4-20(5-7-22)23-14-24-15-26(18-35-29(36)13-3-19-2-12-28(33)34-17-19)39-30(24)27(16-23)21-8-10-25(32)11-9-21/h2-17H,18H2,1H3,(H2,33,34)(H,35,36). The van der Waals surface area contributed by atoms with Gasteiger partial charge in [0.15, 0.2) is 0 Å². The highest BCUT2D eigenvalue weighted by molar-refractivity contribution is 5.97. The molecule has 2 aromatic heterocycles. The van der Waals surface area contributed by atoms with Crippen LogP contribution in [0.1, 0.15) is 21.7 Å². The van der Waals surface area contributed by atoms with E-state index in [0.717, 1.165) is 33.2 Å². The maximum atomic E-state index is 13.6. The van der Waals surface area contributed by atoms with Crippen LogP contribution >= 0.6 is 0 Å². The number of aromatic nitrogens is 1. The quantitative estimate of drug-likeness (QED) is 0.201. The van der Waals surface area contributed by atoms with E-state index in [4.69, 9.17) is 14.9 Å². The molecule has 5 rings (SSSR count). The average Bonchev–Trinajstić information content (AvgIpc) is 3.38. The predicted molar refractivity (Wildman–Crippen MR) is 148 cm³/mol. The maximum absolute atomic E-state index is 13.6. The summed E-state index contributed by atoms with van der Waals surface area (Å²) in [6, 6.07) is 22.5. The van der Waals surface area contributed by atoms with Gasteiger partial charge in [0.05, 0.1) is 19.2 Å². The van der Waals surface area contributed by atoms with Crippen molar-refractivity contribution in [1.82, 2.24) is 10.3 Å². The molecule has 8 heteroatoms. The van der Waals surface area contributed by atoms with Crippen molar-refractivity contribution in [2.45, 2.75) is 6.54 Å². The SMILES string of the molecule is COC(=O)c1ccc(-c2cc(-c3ccc(F)cc3)c3oc(CNC(=O)C=Cc4ccc(N)nc4)cc3c2)cc1. The smallest absolute Gasteiger partial charge is 0.337 e. The van der Waals surface area contributed by atoms with Crippen LogP contribution < -0.4 is 11.1 Å². The van der Waals surface area contributed by atoms with Crippen molar-refractivity contribution in [3.8, 4) is 22.3 Å². The highest BCUT2D eigenvalue weighted by Gasteiger charge is 2.15. The van der Waals surface area contributed by atoms with Crippen molar-refractivity contribution in [2.75, 3.05) is 12.8 Å². The first-order valence-corrected chi connectivity index (χ1v) is 12.1. The number of nitrogens with one attached hydrogen (secondary N) is 1. The molecule has 0 bridgehead atoms. The number of carbonyl (C=O) groups is 2. The number of nitrogens with zero attached hydrogens (tertiary/aromatic N) is 1. The third-order valence-corrected chi connectivity index (χ3v) is 6.14. The second-order valence-electron chi connectivity index (χ2n) is 8.80. The number of amides is 1. The average molecular weight is 522 g/mol. The van der Waals surface area contributed by atoms with Gasteiger partial charge in [0, 0.05) is 23.2 Å². The number of fused-ring (bicyclic) bond motifs is 1. The first-order valence-electron chi connectivity index (χ1n) is 12.1. The molecule has 3 N–H and O–H groups in total. The zero-order chi connectivity index (χ0) is 27.4. The fraction of sp³-hybridized carbons (Fsp3) is 0.0645. The Balaban J connectivity index is 1.44. The second kappa shape index (κ2) is 11.0. The number of anilines is 1. The highest BCUT2D eigenvalue weighted by Crippen LogP contribution is 2.36. The van der Waals surface area contributed by atoms with Gasteiger partial charge >= 0.3 is 5.97 Å². The van der Waals surface area contributed by atoms with E-state index in [1.807, 2.05) is 30.3 Å². The molecule has 0 atom stereocenters. The van der Waals surface area contributed by atoms with Crippen LogP contribution in [0, 0.1) is 5.82 Å². The number of hydrogen-bond donors (Lipinski definition) is 2. The van der Waals surface area contributed by atoms with Crippen LogP contribution in [0.2, 0.25) is 0 Å². The van der Waals surface area contributed by atoms with Crippen LogP contribution in [0.25, 0.3) is 39.3 Å². The Morgan fingerprint density at radius 2 is 1.72 bits per heavy atom. The van der Waals surface area contributed by atoms with Crippen molar-refractivity contribution in [3.05, 3.63) is 114 Å². The molecule has 0 saturated carbocycles. The Morgan fingerprint density at radius 1 is 0.974 bits per heavy atom. The highest BCUT2D eigenvalue weighted by atomic mass is 19.1. The van der Waals surface area contributed by atoms with Gasteiger partial charge in [-0.1, -0.05) is 24.3 Å². The third-order valence-electron chi connectivity index (χ3n) is 6.14. The number of ether oxygens (including phenoxy) is 1. The lowest BCUT2D eigenvalue weighted by Gasteiger charge is -2.09. The van der Waals surface area contributed by atoms with Gasteiger partial charge < -0.3 is 20.2 Å². The summed E-state index contributed by atoms with van der Waals surface area (Å²) in [5, 5.41) is 3.64. The Kier molecular flexibility index (Phi) is 7.18. The fourth-order valence-corrected chi connectivity index (χ4v) is 4.14. The summed E-state index contributed by atoms with van der Waals surface area (Å²) in [5.74, 6) is -0.0801. The van der Waals surface area contributed by atoms with Gasteiger partial charge in [-0.3, -0.25) is 4.79 Å². The number of esters is 1. The first-order chi connectivity index (χ1) is 18.9. The molecule has 0 fully saturated rings. The normalized spacial score (nSPS) is 11.1. The Labute approximate surface area is 223 Å². The monoisotopic (exact) mass is 521 g/mol. The van der Waals surface area contributed by atoms with Gasteiger partial charge in [0.2, 0.25) is 5.91 Å².